The molecule has 43 heavy (non-hydrogen) atoms. The summed E-state index contributed by atoms with van der Waals surface area (Å²) in [6, 6.07) is 11.4. The van der Waals surface area contributed by atoms with Gasteiger partial charge in [0.05, 0.1) is 30.0 Å². The maximum absolute atomic E-state index is 13.4. The molecule has 5 rings (SSSR count). The molecule has 3 heterocycles. The molecule has 0 saturated heterocycles. The first-order chi connectivity index (χ1) is 20.8. The zero-order valence-electron chi connectivity index (χ0n) is 24.7. The zero-order valence-corrected chi connectivity index (χ0v) is 24.7. The number of aliphatic hydroxyl groups excluding tert-OH is 1. The standard InChI is InChI=1S/C29H27N7O2.C3H9NO/c1-17-14-33-29(34-25(30)13-18(2)31-3)35-26(17)22-15-32-27-20(22)9-5-11-24(27)36-16-23-19(8-6-12-37)7-4-10-21(23)28(36)38;1-4-2-3-5/h4-15,31-32H,16H2,1-3H3,(H2,30,33,34,35);4-5H,2-3H2,1H3/b8-6+,18-13-;. The Hall–Kier alpha value is -5.13. The lowest BCUT2D eigenvalue weighted by Gasteiger charge is -2.17. The number of nitrogens with zero attached hydrogens (tertiary/aromatic N) is 4. The van der Waals surface area contributed by atoms with Gasteiger partial charge >= 0.3 is 0 Å². The number of carbonyl (C=O) groups is 2. The number of amidine groups is 1. The number of likely N-dealkylation sites (N-methyl/N-ethyl adjacent to an activating group) is 1. The molecule has 0 spiro atoms. The van der Waals surface area contributed by atoms with Crippen molar-refractivity contribution in [1.82, 2.24) is 25.6 Å². The fraction of sp³-hybridized carbons (Fsp3) is 0.219. The number of nitrogens with two attached hydrogens (primary N) is 1. The third-order valence-corrected chi connectivity index (χ3v) is 6.91. The van der Waals surface area contributed by atoms with Crippen LogP contribution in [0.1, 0.15) is 34.0 Å². The van der Waals surface area contributed by atoms with Gasteiger partial charge in [-0.1, -0.05) is 30.3 Å². The van der Waals surface area contributed by atoms with E-state index in [9.17, 15) is 9.59 Å². The number of aromatic nitrogens is 3. The van der Waals surface area contributed by atoms with Crippen molar-refractivity contribution in [1.29, 1.82) is 0 Å². The van der Waals surface area contributed by atoms with E-state index < -0.39 is 0 Å². The maximum Gasteiger partial charge on any atom is 0.259 e. The number of fused-ring (bicyclic) bond motifs is 2. The van der Waals surface area contributed by atoms with Crippen LogP contribution in [0.15, 0.2) is 71.6 Å². The summed E-state index contributed by atoms with van der Waals surface area (Å²) in [6.45, 7) is 5.16. The number of amides is 1. The molecular weight excluding hydrogens is 544 g/mol. The van der Waals surface area contributed by atoms with Crippen molar-refractivity contribution in [3.05, 3.63) is 88.9 Å². The van der Waals surface area contributed by atoms with Crippen LogP contribution in [0.2, 0.25) is 0 Å². The third kappa shape index (κ3) is 6.85. The minimum Gasteiger partial charge on any atom is -0.395 e. The van der Waals surface area contributed by atoms with Crippen LogP contribution < -0.4 is 21.3 Å². The second-order valence-electron chi connectivity index (χ2n) is 9.80. The highest BCUT2D eigenvalue weighted by molar-refractivity contribution is 6.15. The number of para-hydroxylation sites is 1. The summed E-state index contributed by atoms with van der Waals surface area (Å²) in [5.41, 5.74) is 13.4. The van der Waals surface area contributed by atoms with Gasteiger partial charge in [-0.25, -0.2) is 9.97 Å². The smallest absolute Gasteiger partial charge is 0.259 e. The number of aromatic amines is 1. The van der Waals surface area contributed by atoms with E-state index in [1.165, 1.54) is 6.08 Å². The summed E-state index contributed by atoms with van der Waals surface area (Å²) < 4.78 is 0. The number of aryl methyl sites for hydroxylation is 1. The Labute approximate surface area is 250 Å². The number of hydrogen-bond acceptors (Lipinski definition) is 8. The molecule has 6 N–H and O–H groups in total. The summed E-state index contributed by atoms with van der Waals surface area (Å²) >= 11 is 0. The molecule has 2 aromatic carbocycles. The molecule has 0 saturated carbocycles. The molecule has 4 aromatic rings. The monoisotopic (exact) mass is 580 g/mol. The Morgan fingerprint density at radius 3 is 2.70 bits per heavy atom. The van der Waals surface area contributed by atoms with E-state index in [-0.39, 0.29) is 18.5 Å². The molecule has 0 fully saturated rings. The number of hydrogen-bond donors (Lipinski definition) is 5. The summed E-state index contributed by atoms with van der Waals surface area (Å²) in [6.07, 6.45) is 9.23. The number of allylic oxidation sites excluding steroid dienone is 2. The van der Waals surface area contributed by atoms with Gasteiger partial charge < -0.3 is 31.4 Å². The molecule has 2 aromatic heterocycles. The van der Waals surface area contributed by atoms with E-state index in [0.29, 0.717) is 24.5 Å². The molecule has 222 valence electrons. The third-order valence-electron chi connectivity index (χ3n) is 6.91. The summed E-state index contributed by atoms with van der Waals surface area (Å²) in [7, 11) is 3.61. The van der Waals surface area contributed by atoms with E-state index in [1.54, 1.807) is 30.3 Å². The minimum absolute atomic E-state index is 0.0831. The van der Waals surface area contributed by atoms with Gasteiger partial charge in [0.1, 0.15) is 12.1 Å². The summed E-state index contributed by atoms with van der Waals surface area (Å²) in [4.78, 5) is 42.7. The van der Waals surface area contributed by atoms with Gasteiger partial charge in [0.25, 0.3) is 11.9 Å². The Balaban J connectivity index is 0.000000782. The van der Waals surface area contributed by atoms with Gasteiger partial charge in [0.15, 0.2) is 0 Å². The number of rotatable bonds is 9. The fourth-order valence-electron chi connectivity index (χ4n) is 4.72. The molecular formula is C32H36N8O3. The first-order valence-corrected chi connectivity index (χ1v) is 13.8. The van der Waals surface area contributed by atoms with Crippen molar-refractivity contribution < 1.29 is 14.7 Å². The van der Waals surface area contributed by atoms with Gasteiger partial charge in [-0.3, -0.25) is 9.59 Å². The number of nitrogens with one attached hydrogen (secondary N) is 3. The average molecular weight is 581 g/mol. The van der Waals surface area contributed by atoms with E-state index in [4.69, 9.17) is 10.8 Å². The quantitative estimate of drug-likeness (QED) is 0.0868. The number of aliphatic imine (C=N–C) groups is 1. The van der Waals surface area contributed by atoms with Gasteiger partial charge in [0, 0.05) is 48.2 Å². The Morgan fingerprint density at radius 2 is 2.00 bits per heavy atom. The van der Waals surface area contributed by atoms with Crippen LogP contribution in [-0.4, -0.2) is 65.3 Å². The van der Waals surface area contributed by atoms with Crippen LogP contribution in [0, 0.1) is 6.92 Å². The van der Waals surface area contributed by atoms with E-state index >= 15 is 0 Å². The highest BCUT2D eigenvalue weighted by atomic mass is 16.3. The lowest BCUT2D eigenvalue weighted by molar-refractivity contribution is -0.104. The van der Waals surface area contributed by atoms with Crippen LogP contribution in [0.5, 0.6) is 0 Å². The molecule has 0 unspecified atom stereocenters. The first kappa shape index (κ1) is 30.8. The molecule has 11 heteroatoms. The maximum atomic E-state index is 13.4. The number of H-pyrrole nitrogens is 1. The van der Waals surface area contributed by atoms with Gasteiger partial charge in [0.2, 0.25) is 0 Å². The normalized spacial score (nSPS) is 13.3. The number of carbonyl (C=O) groups excluding carboxylic acids is 2. The highest BCUT2D eigenvalue weighted by Gasteiger charge is 2.31. The molecule has 1 aliphatic heterocycles. The molecule has 1 aliphatic rings. The Morgan fingerprint density at radius 1 is 1.21 bits per heavy atom. The molecule has 0 aliphatic carbocycles. The molecule has 0 radical (unpaired) electrons. The molecule has 0 atom stereocenters. The fourth-order valence-corrected chi connectivity index (χ4v) is 4.72. The van der Waals surface area contributed by atoms with Gasteiger partial charge in [-0.15, -0.1) is 0 Å². The minimum atomic E-state index is -0.0831. The van der Waals surface area contributed by atoms with Crippen LogP contribution >= 0.6 is 0 Å². The predicted octanol–water partition coefficient (Wildman–Crippen LogP) is 3.62. The average Bonchev–Trinajstić information content (AvgIpc) is 3.59. The predicted molar refractivity (Wildman–Crippen MR) is 171 cm³/mol. The SMILES string of the molecule is CN/C(C)=C\C(N)=N/c1ncc(C)c(-c2c[nH]c3c(N4Cc5c(/C=C/C=O)cccc5C4=O)cccc23)n1.CNCCO. The van der Waals surface area contributed by atoms with Crippen molar-refractivity contribution in [2.24, 2.45) is 10.7 Å². The highest BCUT2D eigenvalue weighted by Crippen LogP contribution is 2.38. The second-order valence-corrected chi connectivity index (χ2v) is 9.80. The van der Waals surface area contributed by atoms with Crippen LogP contribution in [-0.2, 0) is 11.3 Å². The van der Waals surface area contributed by atoms with Crippen LogP contribution in [0.25, 0.3) is 28.2 Å². The zero-order chi connectivity index (χ0) is 30.9. The Kier molecular flexibility index (Phi) is 10.2. The van der Waals surface area contributed by atoms with Crippen molar-refractivity contribution in [3.63, 3.8) is 0 Å². The number of benzene rings is 2. The molecule has 1 amide bonds. The lowest BCUT2D eigenvalue weighted by Crippen LogP contribution is -2.23. The number of aldehydes is 1. The topological polar surface area (TPSA) is 162 Å². The number of anilines is 1. The van der Waals surface area contributed by atoms with E-state index in [1.807, 2.05) is 63.5 Å². The second kappa shape index (κ2) is 14.2. The van der Waals surface area contributed by atoms with Crippen LogP contribution in [0.4, 0.5) is 11.6 Å². The largest absolute Gasteiger partial charge is 0.395 e. The number of aliphatic hydroxyl groups is 1. The van der Waals surface area contributed by atoms with Crippen molar-refractivity contribution in [2.45, 2.75) is 20.4 Å². The summed E-state index contributed by atoms with van der Waals surface area (Å²) in [5.74, 6) is 0.470. The van der Waals surface area contributed by atoms with Crippen molar-refractivity contribution in [3.8, 4) is 11.3 Å². The van der Waals surface area contributed by atoms with Crippen LogP contribution in [0.3, 0.4) is 0 Å². The first-order valence-electron chi connectivity index (χ1n) is 13.8. The Bertz CT molecular complexity index is 1720. The van der Waals surface area contributed by atoms with Gasteiger partial charge in [-0.2, -0.15) is 4.99 Å². The molecule has 0 bridgehead atoms. The van der Waals surface area contributed by atoms with Gasteiger partial charge in [-0.05, 0) is 61.9 Å². The molecule has 11 nitrogen and oxygen atoms in total. The lowest BCUT2D eigenvalue weighted by atomic mass is 10.0. The van der Waals surface area contributed by atoms with Crippen molar-refractivity contribution in [2.75, 3.05) is 32.1 Å². The van der Waals surface area contributed by atoms with Crippen molar-refractivity contribution >= 4 is 46.6 Å². The van der Waals surface area contributed by atoms with E-state index in [0.717, 1.165) is 56.5 Å². The summed E-state index contributed by atoms with van der Waals surface area (Å²) in [5, 5.41) is 14.7. The van der Waals surface area contributed by atoms with E-state index in [2.05, 4.69) is 30.6 Å².